The average molecular weight is 272 g/mol. The number of H-pyrrole nitrogens is 1. The highest BCUT2D eigenvalue weighted by atomic mass is 19.1. The molecule has 20 heavy (non-hydrogen) atoms. The average Bonchev–Trinajstić information content (AvgIpc) is 2.84. The lowest BCUT2D eigenvalue weighted by atomic mass is 10.1. The first-order valence-corrected chi connectivity index (χ1v) is 6.42. The Morgan fingerprint density at radius 2 is 2.15 bits per heavy atom. The molecule has 1 amide bonds. The van der Waals surface area contributed by atoms with Crippen molar-refractivity contribution in [3.8, 4) is 0 Å². The Bertz CT molecular complexity index is 724. The van der Waals surface area contributed by atoms with Crippen molar-refractivity contribution < 1.29 is 9.18 Å². The quantitative estimate of drug-likeness (QED) is 0.877. The summed E-state index contributed by atoms with van der Waals surface area (Å²) >= 11 is 0. The van der Waals surface area contributed by atoms with E-state index in [0.29, 0.717) is 18.4 Å². The topological polar surface area (TPSA) is 62.0 Å². The molecule has 0 spiro atoms. The second-order valence-electron chi connectivity index (χ2n) is 4.79. The SMILES string of the molecule is O=C(NC1CCc2c(F)cccc21)c1ccc[nH]c1=O. The number of carbonyl (C=O) groups excluding carboxylic acids is 1. The van der Waals surface area contributed by atoms with E-state index in [1.807, 2.05) is 6.07 Å². The van der Waals surface area contributed by atoms with Crippen LogP contribution >= 0.6 is 0 Å². The van der Waals surface area contributed by atoms with Crippen LogP contribution in [-0.2, 0) is 6.42 Å². The molecular weight excluding hydrogens is 259 g/mol. The third-order valence-electron chi connectivity index (χ3n) is 3.58. The van der Waals surface area contributed by atoms with E-state index in [1.54, 1.807) is 12.1 Å². The molecule has 1 aromatic carbocycles. The van der Waals surface area contributed by atoms with Crippen LogP contribution in [0.5, 0.6) is 0 Å². The molecule has 2 N–H and O–H groups in total. The molecule has 0 radical (unpaired) electrons. The Kier molecular flexibility index (Phi) is 3.10. The van der Waals surface area contributed by atoms with E-state index in [1.165, 1.54) is 18.3 Å². The normalized spacial score (nSPS) is 16.8. The maximum atomic E-state index is 13.6. The molecule has 1 aliphatic carbocycles. The van der Waals surface area contributed by atoms with Crippen LogP contribution in [0.4, 0.5) is 4.39 Å². The zero-order valence-electron chi connectivity index (χ0n) is 10.7. The number of aromatic amines is 1. The van der Waals surface area contributed by atoms with Crippen LogP contribution in [0.1, 0.15) is 33.9 Å². The molecule has 3 rings (SSSR count). The van der Waals surface area contributed by atoms with Gasteiger partial charge in [0.15, 0.2) is 0 Å². The molecule has 0 saturated carbocycles. The van der Waals surface area contributed by atoms with Crippen molar-refractivity contribution in [2.45, 2.75) is 18.9 Å². The van der Waals surface area contributed by atoms with Crippen LogP contribution in [0.2, 0.25) is 0 Å². The number of halogens is 1. The monoisotopic (exact) mass is 272 g/mol. The number of rotatable bonds is 2. The highest BCUT2D eigenvalue weighted by Crippen LogP contribution is 2.32. The Hall–Kier alpha value is -2.43. The van der Waals surface area contributed by atoms with Crippen LogP contribution in [0, 0.1) is 5.82 Å². The predicted molar refractivity (Wildman–Crippen MR) is 72.0 cm³/mol. The Balaban J connectivity index is 1.85. The fraction of sp³-hybridized carbons (Fsp3) is 0.200. The van der Waals surface area contributed by atoms with Crippen LogP contribution < -0.4 is 10.9 Å². The zero-order chi connectivity index (χ0) is 14.1. The Morgan fingerprint density at radius 3 is 2.95 bits per heavy atom. The first-order chi connectivity index (χ1) is 9.66. The molecule has 1 aliphatic rings. The molecule has 0 aliphatic heterocycles. The van der Waals surface area contributed by atoms with Crippen molar-refractivity contribution in [1.82, 2.24) is 10.3 Å². The van der Waals surface area contributed by atoms with E-state index in [9.17, 15) is 14.0 Å². The lowest BCUT2D eigenvalue weighted by molar-refractivity contribution is 0.0935. The van der Waals surface area contributed by atoms with Crippen LogP contribution in [0.25, 0.3) is 0 Å². The molecule has 102 valence electrons. The lowest BCUT2D eigenvalue weighted by Crippen LogP contribution is -2.31. The summed E-state index contributed by atoms with van der Waals surface area (Å²) in [4.78, 5) is 26.1. The minimum Gasteiger partial charge on any atom is -0.345 e. The number of benzene rings is 1. The first kappa shape index (κ1) is 12.6. The number of hydrogen-bond acceptors (Lipinski definition) is 2. The van der Waals surface area contributed by atoms with E-state index < -0.39 is 11.5 Å². The fourth-order valence-electron chi connectivity index (χ4n) is 2.60. The zero-order valence-corrected chi connectivity index (χ0v) is 10.7. The summed E-state index contributed by atoms with van der Waals surface area (Å²) in [6, 6.07) is 7.69. The van der Waals surface area contributed by atoms with Gasteiger partial charge in [0.05, 0.1) is 6.04 Å². The standard InChI is InChI=1S/C15H13FN2O2/c16-12-5-1-3-10-9(12)6-7-13(10)18-15(20)11-4-2-8-17-14(11)19/h1-5,8,13H,6-7H2,(H,17,19)(H,18,20). The predicted octanol–water partition coefficient (Wildman–Crippen LogP) is 1.93. The van der Waals surface area contributed by atoms with Crippen molar-refractivity contribution >= 4 is 5.91 Å². The van der Waals surface area contributed by atoms with Crippen LogP contribution in [0.3, 0.4) is 0 Å². The second-order valence-corrected chi connectivity index (χ2v) is 4.79. The summed E-state index contributed by atoms with van der Waals surface area (Å²) in [6.45, 7) is 0. The first-order valence-electron chi connectivity index (χ1n) is 6.42. The molecule has 0 fully saturated rings. The van der Waals surface area contributed by atoms with E-state index in [4.69, 9.17) is 0 Å². The van der Waals surface area contributed by atoms with Gasteiger partial charge in [-0.25, -0.2) is 4.39 Å². The Morgan fingerprint density at radius 1 is 1.30 bits per heavy atom. The molecule has 1 heterocycles. The summed E-state index contributed by atoms with van der Waals surface area (Å²) in [5.74, 6) is -0.675. The van der Waals surface area contributed by atoms with Gasteiger partial charge in [-0.15, -0.1) is 0 Å². The van der Waals surface area contributed by atoms with Crippen molar-refractivity contribution in [3.63, 3.8) is 0 Å². The summed E-state index contributed by atoms with van der Waals surface area (Å²) in [5, 5.41) is 2.79. The molecule has 5 heteroatoms. The van der Waals surface area contributed by atoms with Crippen LogP contribution in [0.15, 0.2) is 41.3 Å². The third-order valence-corrected chi connectivity index (χ3v) is 3.58. The molecule has 0 saturated heterocycles. The van der Waals surface area contributed by atoms with Gasteiger partial charge < -0.3 is 10.3 Å². The number of aromatic nitrogens is 1. The Labute approximate surface area is 114 Å². The van der Waals surface area contributed by atoms with Gasteiger partial charge in [0.2, 0.25) is 0 Å². The maximum Gasteiger partial charge on any atom is 0.260 e. The molecule has 1 atom stereocenters. The smallest absolute Gasteiger partial charge is 0.260 e. The molecule has 1 unspecified atom stereocenters. The van der Waals surface area contributed by atoms with Gasteiger partial charge in [-0.05, 0) is 42.2 Å². The van der Waals surface area contributed by atoms with E-state index in [0.717, 1.165) is 5.56 Å². The second kappa shape index (κ2) is 4.92. The summed E-state index contributed by atoms with van der Waals surface area (Å²) in [5.41, 5.74) is 1.09. The van der Waals surface area contributed by atoms with Gasteiger partial charge in [0.1, 0.15) is 11.4 Å². The molecule has 2 aromatic rings. The van der Waals surface area contributed by atoms with Crippen molar-refractivity contribution in [2.75, 3.05) is 0 Å². The molecule has 1 aromatic heterocycles. The summed E-state index contributed by atoms with van der Waals surface area (Å²) in [7, 11) is 0. The third kappa shape index (κ3) is 2.11. The van der Waals surface area contributed by atoms with Gasteiger partial charge in [-0.3, -0.25) is 9.59 Å². The number of carbonyl (C=O) groups is 1. The van der Waals surface area contributed by atoms with Gasteiger partial charge in [-0.1, -0.05) is 12.1 Å². The molecule has 0 bridgehead atoms. The van der Waals surface area contributed by atoms with Crippen LogP contribution in [-0.4, -0.2) is 10.9 Å². The van der Waals surface area contributed by atoms with Gasteiger partial charge in [0, 0.05) is 6.20 Å². The minimum absolute atomic E-state index is 0.0670. The van der Waals surface area contributed by atoms with E-state index >= 15 is 0 Å². The fourth-order valence-corrected chi connectivity index (χ4v) is 2.60. The minimum atomic E-state index is -0.436. The van der Waals surface area contributed by atoms with Crippen molar-refractivity contribution in [1.29, 1.82) is 0 Å². The summed E-state index contributed by atoms with van der Waals surface area (Å²) < 4.78 is 13.6. The number of pyridine rings is 1. The number of amides is 1. The summed E-state index contributed by atoms with van der Waals surface area (Å²) in [6.07, 6.45) is 2.71. The largest absolute Gasteiger partial charge is 0.345 e. The highest BCUT2D eigenvalue weighted by Gasteiger charge is 2.26. The van der Waals surface area contributed by atoms with Gasteiger partial charge in [0.25, 0.3) is 11.5 Å². The van der Waals surface area contributed by atoms with Crippen molar-refractivity contribution in [2.24, 2.45) is 0 Å². The van der Waals surface area contributed by atoms with E-state index in [2.05, 4.69) is 10.3 Å². The molecule has 4 nitrogen and oxygen atoms in total. The van der Waals surface area contributed by atoms with Crippen molar-refractivity contribution in [3.05, 3.63) is 69.4 Å². The number of hydrogen-bond donors (Lipinski definition) is 2. The molecular formula is C15H13FN2O2. The van der Waals surface area contributed by atoms with Gasteiger partial charge in [-0.2, -0.15) is 0 Å². The van der Waals surface area contributed by atoms with E-state index in [-0.39, 0.29) is 17.4 Å². The number of fused-ring (bicyclic) bond motifs is 1. The van der Waals surface area contributed by atoms with Gasteiger partial charge >= 0.3 is 0 Å². The lowest BCUT2D eigenvalue weighted by Gasteiger charge is -2.13. The maximum absolute atomic E-state index is 13.6. The number of nitrogens with one attached hydrogen (secondary N) is 2. The highest BCUT2D eigenvalue weighted by molar-refractivity contribution is 5.94.